The largest absolute Gasteiger partial charge is 0.475 e. The van der Waals surface area contributed by atoms with Crippen LogP contribution in [0.25, 0.3) is 11.3 Å². The lowest BCUT2D eigenvalue weighted by Crippen LogP contribution is -2.33. The fourth-order valence-corrected chi connectivity index (χ4v) is 5.52. The molecule has 0 spiro atoms. The summed E-state index contributed by atoms with van der Waals surface area (Å²) in [4.78, 5) is 17.5. The van der Waals surface area contributed by atoms with Gasteiger partial charge in [-0.3, -0.25) is 4.79 Å². The summed E-state index contributed by atoms with van der Waals surface area (Å²) < 4.78 is 70.0. The van der Waals surface area contributed by atoms with Crippen molar-refractivity contribution >= 4 is 27.5 Å². The van der Waals surface area contributed by atoms with E-state index in [0.29, 0.717) is 30.6 Å². The maximum absolute atomic E-state index is 15.9. The second kappa shape index (κ2) is 11.6. The lowest BCUT2D eigenvalue weighted by molar-refractivity contribution is -0.118. The van der Waals surface area contributed by atoms with Crippen LogP contribution in [0, 0.1) is 11.6 Å². The number of amides is 1. The quantitative estimate of drug-likeness (QED) is 0.398. The van der Waals surface area contributed by atoms with Crippen molar-refractivity contribution in [3.05, 3.63) is 57.7 Å². The SMILES string of the molecule is CCCc1nc(-c2ccc(Cl)c(F)c2)c(F)c(C(C)C)c1CC(=O)NS(=O)(=O)c1cc2n(n1)CC(OC)CO2. The van der Waals surface area contributed by atoms with Gasteiger partial charge in [0.25, 0.3) is 10.0 Å². The Balaban J connectivity index is 1.66. The first-order valence-electron chi connectivity index (χ1n) is 12.4. The first-order valence-corrected chi connectivity index (χ1v) is 14.3. The fraction of sp³-hybridized carbons (Fsp3) is 0.423. The molecule has 0 radical (unpaired) electrons. The molecule has 4 rings (SSSR count). The van der Waals surface area contributed by atoms with E-state index in [2.05, 4.69) is 10.1 Å². The van der Waals surface area contributed by atoms with Gasteiger partial charge in [-0.15, -0.1) is 0 Å². The summed E-state index contributed by atoms with van der Waals surface area (Å²) in [5, 5.41) is 3.56. The van der Waals surface area contributed by atoms with E-state index in [1.807, 2.05) is 11.6 Å². The first-order chi connectivity index (χ1) is 18.4. The number of aryl methyl sites for hydroxylation is 1. The molecule has 3 heterocycles. The number of rotatable bonds is 9. The standard InChI is InChI=1S/C26H29ClF2N4O5S/c1-5-6-20-17(24(14(2)3)25(29)26(30-20)15-7-8-18(27)19(28)9-15)10-21(34)32-39(35,36)22-11-23-33(31-22)12-16(37-4)13-38-23/h7-9,11,14,16H,5-6,10,12-13H2,1-4H3,(H,32,34). The van der Waals surface area contributed by atoms with Crippen molar-refractivity contribution in [3.63, 3.8) is 0 Å². The first kappa shape index (κ1) is 28.9. The number of sulfonamides is 1. The molecule has 1 aromatic carbocycles. The third-order valence-electron chi connectivity index (χ3n) is 6.33. The highest BCUT2D eigenvalue weighted by molar-refractivity contribution is 7.90. The number of ether oxygens (including phenoxy) is 2. The topological polar surface area (TPSA) is 112 Å². The summed E-state index contributed by atoms with van der Waals surface area (Å²) in [6, 6.07) is 5.13. The minimum atomic E-state index is -4.35. The number of halogens is 3. The van der Waals surface area contributed by atoms with Gasteiger partial charge in [0.2, 0.25) is 16.8 Å². The Hall–Kier alpha value is -3.09. The Kier molecular flexibility index (Phi) is 8.57. The van der Waals surface area contributed by atoms with Crippen LogP contribution in [0.3, 0.4) is 0 Å². The van der Waals surface area contributed by atoms with Gasteiger partial charge in [0.15, 0.2) is 5.82 Å². The fourth-order valence-electron chi connectivity index (χ4n) is 4.47. The number of hydrogen-bond acceptors (Lipinski definition) is 7. The summed E-state index contributed by atoms with van der Waals surface area (Å²) in [7, 11) is -2.84. The van der Waals surface area contributed by atoms with Crippen LogP contribution in [0.5, 0.6) is 5.88 Å². The highest BCUT2D eigenvalue weighted by atomic mass is 35.5. The van der Waals surface area contributed by atoms with Crippen molar-refractivity contribution in [2.45, 2.75) is 63.6 Å². The number of nitrogens with zero attached hydrogens (tertiary/aromatic N) is 3. The van der Waals surface area contributed by atoms with Crippen molar-refractivity contribution < 1.29 is 31.5 Å². The highest BCUT2D eigenvalue weighted by Crippen LogP contribution is 2.34. The molecule has 2 aromatic heterocycles. The second-order valence-electron chi connectivity index (χ2n) is 9.52. The molecule has 3 aromatic rings. The van der Waals surface area contributed by atoms with Gasteiger partial charge < -0.3 is 9.47 Å². The molecule has 1 unspecified atom stereocenters. The third-order valence-corrected chi connectivity index (χ3v) is 7.88. The number of carbonyl (C=O) groups excluding carboxylic acids is 1. The predicted molar refractivity (Wildman–Crippen MR) is 140 cm³/mol. The number of methoxy groups -OCH3 is 1. The number of pyridine rings is 1. The van der Waals surface area contributed by atoms with E-state index in [1.165, 1.54) is 30.0 Å². The van der Waals surface area contributed by atoms with Crippen molar-refractivity contribution in [1.82, 2.24) is 19.5 Å². The number of aromatic nitrogens is 3. The smallest absolute Gasteiger partial charge is 0.283 e. The van der Waals surface area contributed by atoms with Crippen LogP contribution in [-0.4, -0.2) is 48.9 Å². The molecule has 1 aliphatic heterocycles. The van der Waals surface area contributed by atoms with Gasteiger partial charge in [-0.05, 0) is 35.6 Å². The van der Waals surface area contributed by atoms with E-state index in [4.69, 9.17) is 21.1 Å². The van der Waals surface area contributed by atoms with Gasteiger partial charge >= 0.3 is 0 Å². The van der Waals surface area contributed by atoms with Crippen LogP contribution in [-0.2, 0) is 38.9 Å². The molecule has 0 saturated heterocycles. The van der Waals surface area contributed by atoms with Crippen molar-refractivity contribution in [3.8, 4) is 17.1 Å². The average Bonchev–Trinajstić information content (AvgIpc) is 3.31. The summed E-state index contributed by atoms with van der Waals surface area (Å²) in [6.45, 7) is 5.93. The zero-order valence-electron chi connectivity index (χ0n) is 21.9. The second-order valence-corrected chi connectivity index (χ2v) is 11.6. The lowest BCUT2D eigenvalue weighted by atomic mass is 9.90. The Morgan fingerprint density at radius 2 is 2.05 bits per heavy atom. The zero-order valence-corrected chi connectivity index (χ0v) is 23.5. The highest BCUT2D eigenvalue weighted by Gasteiger charge is 2.29. The van der Waals surface area contributed by atoms with Gasteiger partial charge in [-0.2, -0.15) is 13.5 Å². The van der Waals surface area contributed by atoms with Crippen LogP contribution in [0.4, 0.5) is 8.78 Å². The zero-order chi connectivity index (χ0) is 28.5. The van der Waals surface area contributed by atoms with Crippen LogP contribution in [0.15, 0.2) is 29.3 Å². The summed E-state index contributed by atoms with van der Waals surface area (Å²) in [5.74, 6) is -2.43. The van der Waals surface area contributed by atoms with Crippen molar-refractivity contribution in [2.75, 3.05) is 13.7 Å². The molecular weight excluding hydrogens is 554 g/mol. The molecule has 1 amide bonds. The molecule has 0 aliphatic carbocycles. The van der Waals surface area contributed by atoms with Crippen molar-refractivity contribution in [2.24, 2.45) is 0 Å². The summed E-state index contributed by atoms with van der Waals surface area (Å²) in [6.07, 6.45) is 0.297. The minimum absolute atomic E-state index is 0.0625. The summed E-state index contributed by atoms with van der Waals surface area (Å²) >= 11 is 5.79. The van der Waals surface area contributed by atoms with Gasteiger partial charge in [-0.1, -0.05) is 44.9 Å². The normalized spacial score (nSPS) is 15.2. The molecular formula is C26H29ClF2N4O5S. The van der Waals surface area contributed by atoms with Crippen molar-refractivity contribution in [1.29, 1.82) is 0 Å². The predicted octanol–water partition coefficient (Wildman–Crippen LogP) is 4.41. The maximum atomic E-state index is 15.9. The summed E-state index contributed by atoms with van der Waals surface area (Å²) in [5.41, 5.74) is 1.08. The third kappa shape index (κ3) is 6.07. The number of fused-ring (bicyclic) bond motifs is 1. The van der Waals surface area contributed by atoms with Gasteiger partial charge in [-0.25, -0.2) is 23.2 Å². The van der Waals surface area contributed by atoms with Crippen LogP contribution < -0.4 is 9.46 Å². The molecule has 1 N–H and O–H groups in total. The Labute approximate surface area is 230 Å². The monoisotopic (exact) mass is 582 g/mol. The number of hydrogen-bond donors (Lipinski definition) is 1. The van der Waals surface area contributed by atoms with Gasteiger partial charge in [0.05, 0.1) is 18.0 Å². The van der Waals surface area contributed by atoms with E-state index in [0.717, 1.165) is 6.07 Å². The number of nitrogens with one attached hydrogen (secondary N) is 1. The maximum Gasteiger partial charge on any atom is 0.283 e. The molecule has 1 atom stereocenters. The molecule has 13 heteroatoms. The van der Waals surface area contributed by atoms with Gasteiger partial charge in [0.1, 0.15) is 24.2 Å². The Morgan fingerprint density at radius 1 is 1.31 bits per heavy atom. The van der Waals surface area contributed by atoms with Crippen LogP contribution in [0.2, 0.25) is 5.02 Å². The van der Waals surface area contributed by atoms with E-state index in [1.54, 1.807) is 13.8 Å². The van der Waals surface area contributed by atoms with E-state index < -0.39 is 34.0 Å². The minimum Gasteiger partial charge on any atom is -0.475 e. The Bertz CT molecular complexity index is 1510. The van der Waals surface area contributed by atoms with E-state index in [9.17, 15) is 17.6 Å². The molecule has 0 saturated carbocycles. The van der Waals surface area contributed by atoms with E-state index in [-0.39, 0.29) is 51.4 Å². The molecule has 0 fully saturated rings. The lowest BCUT2D eigenvalue weighted by Gasteiger charge is -2.22. The number of benzene rings is 1. The molecule has 1 aliphatic rings. The molecule has 9 nitrogen and oxygen atoms in total. The average molecular weight is 583 g/mol. The van der Waals surface area contributed by atoms with Gasteiger partial charge in [0, 0.05) is 24.4 Å². The number of carbonyl (C=O) groups is 1. The van der Waals surface area contributed by atoms with Crippen LogP contribution >= 0.6 is 11.6 Å². The molecule has 210 valence electrons. The van der Waals surface area contributed by atoms with Crippen LogP contribution in [0.1, 0.15) is 49.9 Å². The Morgan fingerprint density at radius 3 is 2.69 bits per heavy atom. The molecule has 0 bridgehead atoms. The molecule has 39 heavy (non-hydrogen) atoms. The van der Waals surface area contributed by atoms with E-state index >= 15 is 4.39 Å².